The van der Waals surface area contributed by atoms with E-state index >= 15 is 0 Å². The number of aromatic nitrogens is 2. The number of carboxylic acids is 1. The number of nitrogens with zero attached hydrogens (tertiary/aromatic N) is 2. The monoisotopic (exact) mass is 232 g/mol. The van der Waals surface area contributed by atoms with Gasteiger partial charge in [0.1, 0.15) is 0 Å². The summed E-state index contributed by atoms with van der Waals surface area (Å²) in [4.78, 5) is 14.7. The minimum atomic E-state index is -0.868. The highest BCUT2D eigenvalue weighted by Crippen LogP contribution is 2.22. The van der Waals surface area contributed by atoms with Gasteiger partial charge in [-0.25, -0.2) is 9.78 Å². The number of ether oxygens (including phenoxy) is 1. The maximum atomic E-state index is 10.8. The molecule has 1 N–H and O–H groups in total. The molecule has 1 aromatic rings. The fourth-order valence-electron chi connectivity index (χ4n) is 1.76. The van der Waals surface area contributed by atoms with Crippen molar-refractivity contribution in [3.8, 4) is 0 Å². The Morgan fingerprint density at radius 2 is 2.47 bits per heavy atom. The summed E-state index contributed by atoms with van der Waals surface area (Å²) in [6.45, 7) is 1.20. The zero-order chi connectivity index (χ0) is 9.97. The standard InChI is InChI=1S/C9H12N2O3.ClH/c12-9(13)8-7(1-4-14-8)5-11-3-2-10-6-11;/h2-3,6-8H,1,4-5H2,(H,12,13);1H/t7-,8+;/m0./s1. The average Bonchev–Trinajstić information content (AvgIpc) is 2.75. The number of halogens is 1. The first-order valence-corrected chi connectivity index (χ1v) is 4.57. The zero-order valence-electron chi connectivity index (χ0n) is 8.07. The van der Waals surface area contributed by atoms with Crippen molar-refractivity contribution in [3.63, 3.8) is 0 Å². The fourth-order valence-corrected chi connectivity index (χ4v) is 1.76. The van der Waals surface area contributed by atoms with Gasteiger partial charge in [0.25, 0.3) is 0 Å². The van der Waals surface area contributed by atoms with Crippen LogP contribution in [0.1, 0.15) is 6.42 Å². The van der Waals surface area contributed by atoms with Crippen molar-refractivity contribution in [2.24, 2.45) is 5.92 Å². The Morgan fingerprint density at radius 1 is 1.67 bits per heavy atom. The van der Waals surface area contributed by atoms with E-state index in [0.29, 0.717) is 13.2 Å². The van der Waals surface area contributed by atoms with Gasteiger partial charge in [0.15, 0.2) is 6.10 Å². The molecule has 0 aliphatic carbocycles. The molecule has 0 saturated carbocycles. The molecular weight excluding hydrogens is 220 g/mol. The third kappa shape index (κ3) is 2.70. The van der Waals surface area contributed by atoms with Crippen LogP contribution in [0, 0.1) is 5.92 Å². The lowest BCUT2D eigenvalue weighted by molar-refractivity contribution is -0.149. The Morgan fingerprint density at radius 3 is 3.07 bits per heavy atom. The highest BCUT2D eigenvalue weighted by atomic mass is 35.5. The second kappa shape index (κ2) is 5.14. The number of carbonyl (C=O) groups is 1. The van der Waals surface area contributed by atoms with E-state index in [-0.39, 0.29) is 18.3 Å². The second-order valence-electron chi connectivity index (χ2n) is 3.44. The molecule has 2 heterocycles. The maximum absolute atomic E-state index is 10.8. The first-order valence-electron chi connectivity index (χ1n) is 4.57. The fraction of sp³-hybridized carbons (Fsp3) is 0.556. The van der Waals surface area contributed by atoms with Gasteiger partial charge in [0.2, 0.25) is 0 Å². The van der Waals surface area contributed by atoms with Crippen LogP contribution in [0.2, 0.25) is 0 Å². The van der Waals surface area contributed by atoms with Gasteiger partial charge in [-0.05, 0) is 6.42 Å². The Kier molecular flexibility index (Phi) is 4.11. The SMILES string of the molecule is Cl.O=C(O)[C@@H]1OCC[C@H]1Cn1ccnc1. The lowest BCUT2D eigenvalue weighted by Crippen LogP contribution is -2.28. The molecule has 0 amide bonds. The molecule has 1 aliphatic rings. The van der Waals surface area contributed by atoms with E-state index in [1.165, 1.54) is 0 Å². The smallest absolute Gasteiger partial charge is 0.333 e. The van der Waals surface area contributed by atoms with Crippen LogP contribution in [0.25, 0.3) is 0 Å². The van der Waals surface area contributed by atoms with Crippen LogP contribution < -0.4 is 0 Å². The summed E-state index contributed by atoms with van der Waals surface area (Å²) >= 11 is 0. The summed E-state index contributed by atoms with van der Waals surface area (Å²) in [5.41, 5.74) is 0. The van der Waals surface area contributed by atoms with E-state index in [9.17, 15) is 4.79 Å². The number of hydrogen-bond donors (Lipinski definition) is 1. The molecule has 15 heavy (non-hydrogen) atoms. The van der Waals surface area contributed by atoms with Crippen LogP contribution in [0.3, 0.4) is 0 Å². The van der Waals surface area contributed by atoms with Crippen LogP contribution in [-0.4, -0.2) is 33.3 Å². The molecule has 2 rings (SSSR count). The molecule has 0 aromatic carbocycles. The molecule has 1 saturated heterocycles. The summed E-state index contributed by atoms with van der Waals surface area (Å²) in [7, 11) is 0. The second-order valence-corrected chi connectivity index (χ2v) is 3.44. The third-order valence-corrected chi connectivity index (χ3v) is 2.46. The Labute approximate surface area is 93.5 Å². The van der Waals surface area contributed by atoms with Crippen LogP contribution in [0.5, 0.6) is 0 Å². The highest BCUT2D eigenvalue weighted by Gasteiger charge is 2.33. The number of aliphatic carboxylic acids is 1. The largest absolute Gasteiger partial charge is 0.479 e. The van der Waals surface area contributed by atoms with Crippen molar-refractivity contribution in [3.05, 3.63) is 18.7 Å². The van der Waals surface area contributed by atoms with E-state index < -0.39 is 12.1 Å². The molecule has 1 fully saturated rings. The summed E-state index contributed by atoms with van der Waals surface area (Å²) < 4.78 is 7.03. The summed E-state index contributed by atoms with van der Waals surface area (Å²) in [5.74, 6) is -0.811. The number of hydrogen-bond acceptors (Lipinski definition) is 3. The molecule has 0 unspecified atom stereocenters. The molecule has 0 radical (unpaired) electrons. The van der Waals surface area contributed by atoms with Crippen LogP contribution >= 0.6 is 12.4 Å². The minimum absolute atomic E-state index is 0. The first-order chi connectivity index (χ1) is 6.77. The minimum Gasteiger partial charge on any atom is -0.479 e. The Hall–Kier alpha value is -1.07. The number of rotatable bonds is 3. The van der Waals surface area contributed by atoms with Crippen molar-refractivity contribution < 1.29 is 14.6 Å². The molecule has 84 valence electrons. The van der Waals surface area contributed by atoms with Gasteiger partial charge in [0, 0.05) is 31.5 Å². The van der Waals surface area contributed by atoms with Crippen molar-refractivity contribution in [2.75, 3.05) is 6.61 Å². The van der Waals surface area contributed by atoms with Crippen molar-refractivity contribution >= 4 is 18.4 Å². The highest BCUT2D eigenvalue weighted by molar-refractivity contribution is 5.85. The van der Waals surface area contributed by atoms with Crippen LogP contribution in [0.4, 0.5) is 0 Å². The zero-order valence-corrected chi connectivity index (χ0v) is 8.89. The van der Waals surface area contributed by atoms with Gasteiger partial charge in [-0.3, -0.25) is 0 Å². The van der Waals surface area contributed by atoms with Crippen LogP contribution in [0.15, 0.2) is 18.7 Å². The van der Waals surface area contributed by atoms with Gasteiger partial charge in [0.05, 0.1) is 6.33 Å². The van der Waals surface area contributed by atoms with Gasteiger partial charge in [-0.15, -0.1) is 12.4 Å². The van der Waals surface area contributed by atoms with E-state index in [1.54, 1.807) is 12.5 Å². The topological polar surface area (TPSA) is 64.3 Å². The predicted octanol–water partition coefficient (Wildman–Crippen LogP) is 0.795. The summed E-state index contributed by atoms with van der Waals surface area (Å²) in [6, 6.07) is 0. The van der Waals surface area contributed by atoms with Crippen molar-refractivity contribution in [2.45, 2.75) is 19.1 Å². The lowest BCUT2D eigenvalue weighted by atomic mass is 10.0. The van der Waals surface area contributed by atoms with Crippen molar-refractivity contribution in [1.82, 2.24) is 9.55 Å². The quantitative estimate of drug-likeness (QED) is 0.837. The van der Waals surface area contributed by atoms with Gasteiger partial charge < -0.3 is 14.4 Å². The molecule has 5 nitrogen and oxygen atoms in total. The summed E-state index contributed by atoms with van der Waals surface area (Å²) in [6.07, 6.45) is 5.35. The van der Waals surface area contributed by atoms with Crippen molar-refractivity contribution in [1.29, 1.82) is 0 Å². The molecule has 0 spiro atoms. The number of carboxylic acid groups (broad SMARTS) is 1. The van der Waals surface area contributed by atoms with E-state index in [2.05, 4.69) is 4.98 Å². The third-order valence-electron chi connectivity index (χ3n) is 2.46. The van der Waals surface area contributed by atoms with Crippen LogP contribution in [-0.2, 0) is 16.1 Å². The molecule has 1 aliphatic heterocycles. The molecule has 0 bridgehead atoms. The Balaban J connectivity index is 0.00000112. The van der Waals surface area contributed by atoms with Gasteiger partial charge in [-0.2, -0.15) is 0 Å². The number of imidazole rings is 1. The van der Waals surface area contributed by atoms with E-state index in [4.69, 9.17) is 9.84 Å². The maximum Gasteiger partial charge on any atom is 0.333 e. The first kappa shape index (κ1) is 12.0. The molecule has 2 atom stereocenters. The normalized spacial score (nSPS) is 24.8. The lowest BCUT2D eigenvalue weighted by Gasteiger charge is -2.14. The average molecular weight is 233 g/mol. The summed E-state index contributed by atoms with van der Waals surface area (Å²) in [5, 5.41) is 8.86. The van der Waals surface area contributed by atoms with Gasteiger partial charge >= 0.3 is 5.97 Å². The van der Waals surface area contributed by atoms with E-state index in [1.807, 2.05) is 10.8 Å². The van der Waals surface area contributed by atoms with Gasteiger partial charge in [-0.1, -0.05) is 0 Å². The predicted molar refractivity (Wildman–Crippen MR) is 55.0 cm³/mol. The van der Waals surface area contributed by atoms with E-state index in [0.717, 1.165) is 6.42 Å². The molecule has 1 aromatic heterocycles. The molecular formula is C9H13ClN2O3. The molecule has 6 heteroatoms. The Bertz CT molecular complexity index is 315.